The van der Waals surface area contributed by atoms with Crippen LogP contribution < -0.4 is 9.62 Å². The number of halogens is 3. The summed E-state index contributed by atoms with van der Waals surface area (Å²) in [5, 5.41) is 3.89. The average molecular weight is 606 g/mol. The van der Waals surface area contributed by atoms with E-state index in [9.17, 15) is 21.6 Å². The van der Waals surface area contributed by atoms with Crippen molar-refractivity contribution in [1.29, 1.82) is 0 Å². The third-order valence-corrected chi connectivity index (χ3v) is 8.25. The molecular weight excluding hydrogens is 579 g/mol. The minimum absolute atomic E-state index is 0.0641. The summed E-state index contributed by atoms with van der Waals surface area (Å²) in [4.78, 5) is 13.3. The molecule has 43 heavy (non-hydrogen) atoms. The molecule has 220 valence electrons. The van der Waals surface area contributed by atoms with Gasteiger partial charge in [-0.25, -0.2) is 18.4 Å². The number of pyridine rings is 1. The summed E-state index contributed by atoms with van der Waals surface area (Å²) in [6.45, 7) is 0.761. The molecule has 6 rings (SSSR count). The van der Waals surface area contributed by atoms with Gasteiger partial charge in [-0.15, -0.1) is 0 Å². The van der Waals surface area contributed by atoms with Gasteiger partial charge in [-0.2, -0.15) is 13.2 Å². The van der Waals surface area contributed by atoms with Gasteiger partial charge in [-0.05, 0) is 60.0 Å². The summed E-state index contributed by atoms with van der Waals surface area (Å²) in [6, 6.07) is 22.0. The normalized spacial score (nSPS) is 13.3. The second-order valence-corrected chi connectivity index (χ2v) is 12.1. The van der Waals surface area contributed by atoms with Crippen molar-refractivity contribution >= 4 is 38.1 Å². The Morgan fingerprint density at radius 1 is 0.953 bits per heavy atom. The summed E-state index contributed by atoms with van der Waals surface area (Å²) in [7, 11) is -3.39. The zero-order chi connectivity index (χ0) is 30.2. The zero-order valence-electron chi connectivity index (χ0n) is 23.0. The first-order valence-electron chi connectivity index (χ1n) is 13.4. The number of rotatable bonds is 8. The maximum absolute atomic E-state index is 13.8. The molecule has 8 nitrogen and oxygen atoms in total. The van der Waals surface area contributed by atoms with E-state index >= 15 is 0 Å². The summed E-state index contributed by atoms with van der Waals surface area (Å²) >= 11 is 0. The number of ether oxygens (including phenoxy) is 1. The number of sulfonamides is 1. The number of anilines is 3. The Morgan fingerprint density at radius 3 is 2.53 bits per heavy atom. The number of alkyl halides is 3. The first kappa shape index (κ1) is 28.6. The largest absolute Gasteiger partial charge is 0.418 e. The van der Waals surface area contributed by atoms with Gasteiger partial charge >= 0.3 is 6.18 Å². The van der Waals surface area contributed by atoms with E-state index in [1.54, 1.807) is 30.3 Å². The van der Waals surface area contributed by atoms with E-state index in [1.165, 1.54) is 22.8 Å². The van der Waals surface area contributed by atoms with Gasteiger partial charge in [0.2, 0.25) is 10.0 Å². The zero-order valence-corrected chi connectivity index (χ0v) is 23.8. The molecule has 0 radical (unpaired) electrons. The standard InChI is InChI=1S/C31H26F3N5O3S/c1-43(40,41)39-15-13-21-16-23(10-12-27(21)39)36-30-24-11-9-22(29-25(31(32,33)34)8-5-14-35-29)17-26(24)37-28(38-30)19-42-18-20-6-3-2-4-7-20/h2-12,14,16-17H,13,15,18-19H2,1H3,(H,36,37,38). The molecule has 0 unspecified atom stereocenters. The van der Waals surface area contributed by atoms with E-state index in [0.717, 1.165) is 17.2 Å². The Hall–Kier alpha value is -4.55. The first-order chi connectivity index (χ1) is 20.6. The van der Waals surface area contributed by atoms with Crippen LogP contribution in [0.2, 0.25) is 0 Å². The Labute approximate surface area is 246 Å². The van der Waals surface area contributed by atoms with Crippen LogP contribution in [0.4, 0.5) is 30.4 Å². The van der Waals surface area contributed by atoms with Crippen molar-refractivity contribution in [2.75, 3.05) is 22.4 Å². The fourth-order valence-electron chi connectivity index (χ4n) is 5.11. The van der Waals surface area contributed by atoms with Gasteiger partial charge in [0, 0.05) is 29.4 Å². The molecule has 0 aliphatic carbocycles. The van der Waals surface area contributed by atoms with Crippen molar-refractivity contribution in [2.24, 2.45) is 0 Å². The second kappa shape index (κ2) is 11.3. The predicted octanol–water partition coefficient (Wildman–Crippen LogP) is 6.49. The molecule has 0 bridgehead atoms. The third-order valence-electron chi connectivity index (χ3n) is 7.07. The molecule has 0 saturated heterocycles. The summed E-state index contributed by atoms with van der Waals surface area (Å²) in [5.41, 5.74) is 2.80. The smallest absolute Gasteiger partial charge is 0.369 e. The minimum atomic E-state index is -4.58. The molecule has 0 fully saturated rings. The van der Waals surface area contributed by atoms with E-state index in [-0.39, 0.29) is 17.9 Å². The van der Waals surface area contributed by atoms with Crippen molar-refractivity contribution in [3.8, 4) is 11.3 Å². The van der Waals surface area contributed by atoms with E-state index in [0.29, 0.717) is 53.5 Å². The Bertz CT molecular complexity index is 1920. The number of nitrogens with one attached hydrogen (secondary N) is 1. The van der Waals surface area contributed by atoms with Crippen LogP contribution in [0.15, 0.2) is 85.1 Å². The maximum Gasteiger partial charge on any atom is 0.418 e. The topological polar surface area (TPSA) is 97.3 Å². The van der Waals surface area contributed by atoms with Gasteiger partial charge in [-0.1, -0.05) is 36.4 Å². The van der Waals surface area contributed by atoms with E-state index in [2.05, 4.69) is 20.3 Å². The number of benzene rings is 3. The van der Waals surface area contributed by atoms with Crippen LogP contribution in [-0.4, -0.2) is 36.2 Å². The molecule has 1 N–H and O–H groups in total. The monoisotopic (exact) mass is 605 g/mol. The van der Waals surface area contributed by atoms with Gasteiger partial charge in [0.25, 0.3) is 0 Å². The minimum Gasteiger partial charge on any atom is -0.369 e. The van der Waals surface area contributed by atoms with Gasteiger partial charge in [0.05, 0.1) is 35.3 Å². The molecule has 1 aliphatic heterocycles. The lowest BCUT2D eigenvalue weighted by atomic mass is 10.0. The van der Waals surface area contributed by atoms with Crippen molar-refractivity contribution in [3.05, 3.63) is 108 Å². The molecule has 3 aromatic carbocycles. The van der Waals surface area contributed by atoms with Crippen LogP contribution in [0.3, 0.4) is 0 Å². The quantitative estimate of drug-likeness (QED) is 0.216. The summed E-state index contributed by atoms with van der Waals surface area (Å²) in [6.07, 6.45) is -1.51. The number of aromatic nitrogens is 3. The fourth-order valence-corrected chi connectivity index (χ4v) is 6.07. The van der Waals surface area contributed by atoms with Crippen molar-refractivity contribution < 1.29 is 26.3 Å². The number of hydrogen-bond acceptors (Lipinski definition) is 7. The highest BCUT2D eigenvalue weighted by molar-refractivity contribution is 7.92. The number of nitrogens with zero attached hydrogens (tertiary/aromatic N) is 4. The molecule has 3 heterocycles. The van der Waals surface area contributed by atoms with Gasteiger partial charge < -0.3 is 10.1 Å². The molecule has 0 atom stereocenters. The summed E-state index contributed by atoms with van der Waals surface area (Å²) in [5.74, 6) is 0.773. The molecular formula is C31H26F3N5O3S. The van der Waals surface area contributed by atoms with Crippen molar-refractivity contribution in [1.82, 2.24) is 15.0 Å². The molecule has 0 spiro atoms. The maximum atomic E-state index is 13.8. The lowest BCUT2D eigenvalue weighted by Gasteiger charge is -2.17. The third kappa shape index (κ3) is 6.15. The molecule has 2 aromatic heterocycles. The Morgan fingerprint density at radius 2 is 1.77 bits per heavy atom. The molecule has 12 heteroatoms. The van der Waals surface area contributed by atoms with Gasteiger partial charge in [-0.3, -0.25) is 9.29 Å². The summed E-state index contributed by atoms with van der Waals surface area (Å²) < 4.78 is 72.8. The van der Waals surface area contributed by atoms with Crippen LogP contribution in [0.5, 0.6) is 0 Å². The van der Waals surface area contributed by atoms with Crippen LogP contribution in [-0.2, 0) is 40.6 Å². The Balaban J connectivity index is 1.37. The predicted molar refractivity (Wildman–Crippen MR) is 158 cm³/mol. The van der Waals surface area contributed by atoms with E-state index in [1.807, 2.05) is 36.4 Å². The van der Waals surface area contributed by atoms with Gasteiger partial charge in [0.15, 0.2) is 5.82 Å². The van der Waals surface area contributed by atoms with Gasteiger partial charge in [0.1, 0.15) is 12.4 Å². The van der Waals surface area contributed by atoms with E-state index < -0.39 is 21.8 Å². The lowest BCUT2D eigenvalue weighted by molar-refractivity contribution is -0.137. The highest BCUT2D eigenvalue weighted by Crippen LogP contribution is 2.38. The van der Waals surface area contributed by atoms with Crippen LogP contribution in [0.1, 0.15) is 22.5 Å². The van der Waals surface area contributed by atoms with Crippen LogP contribution >= 0.6 is 0 Å². The second-order valence-electron chi connectivity index (χ2n) is 10.1. The SMILES string of the molecule is CS(=O)(=O)N1CCc2cc(Nc3nc(COCc4ccccc4)nc4cc(-c5ncccc5C(F)(F)F)ccc34)ccc21. The van der Waals surface area contributed by atoms with Crippen molar-refractivity contribution in [2.45, 2.75) is 25.8 Å². The fraction of sp³-hybridized carbons (Fsp3) is 0.194. The molecule has 0 saturated carbocycles. The number of hydrogen-bond donors (Lipinski definition) is 1. The van der Waals surface area contributed by atoms with Crippen LogP contribution in [0, 0.1) is 0 Å². The molecule has 0 amide bonds. The Kier molecular flexibility index (Phi) is 7.49. The van der Waals surface area contributed by atoms with Crippen LogP contribution in [0.25, 0.3) is 22.2 Å². The lowest BCUT2D eigenvalue weighted by Crippen LogP contribution is -2.27. The highest BCUT2D eigenvalue weighted by atomic mass is 32.2. The van der Waals surface area contributed by atoms with Crippen molar-refractivity contribution in [3.63, 3.8) is 0 Å². The molecule has 1 aliphatic rings. The highest BCUT2D eigenvalue weighted by Gasteiger charge is 2.34. The molecule has 5 aromatic rings. The number of fused-ring (bicyclic) bond motifs is 2. The average Bonchev–Trinajstić information content (AvgIpc) is 3.41. The first-order valence-corrected chi connectivity index (χ1v) is 15.2. The van der Waals surface area contributed by atoms with E-state index in [4.69, 9.17) is 4.74 Å².